The Morgan fingerprint density at radius 1 is 1.14 bits per heavy atom. The van der Waals surface area contributed by atoms with Gasteiger partial charge in [-0.05, 0) is 31.2 Å². The summed E-state index contributed by atoms with van der Waals surface area (Å²) in [6.45, 7) is 6.77. The van der Waals surface area contributed by atoms with Crippen molar-refractivity contribution in [2.75, 3.05) is 13.2 Å². The van der Waals surface area contributed by atoms with Gasteiger partial charge in [-0.25, -0.2) is 0 Å². The van der Waals surface area contributed by atoms with Gasteiger partial charge in [-0.1, -0.05) is 19.1 Å². The van der Waals surface area contributed by atoms with E-state index in [0.717, 1.165) is 25.4 Å². The molecule has 0 bridgehead atoms. The first-order valence-corrected chi connectivity index (χ1v) is 4.79. The third kappa shape index (κ3) is 4.49. The number of rotatable bonds is 5. The molecule has 1 N–H and O–H groups in total. The molecule has 0 aliphatic heterocycles. The predicted molar refractivity (Wildman–Crippen MR) is 62.2 cm³/mol. The number of hydrogen-bond donors (Lipinski definition) is 1. The van der Waals surface area contributed by atoms with Crippen molar-refractivity contribution in [3.05, 3.63) is 29.8 Å². The van der Waals surface area contributed by atoms with Gasteiger partial charge in [-0.15, -0.1) is 12.4 Å². The van der Waals surface area contributed by atoms with Crippen LogP contribution in [0.4, 0.5) is 0 Å². The van der Waals surface area contributed by atoms with E-state index in [0.29, 0.717) is 0 Å². The van der Waals surface area contributed by atoms with Crippen molar-refractivity contribution < 1.29 is 4.74 Å². The van der Waals surface area contributed by atoms with Crippen LogP contribution in [-0.2, 0) is 6.54 Å². The number of nitrogens with one attached hydrogen (secondary N) is 1. The Morgan fingerprint density at radius 2 is 1.79 bits per heavy atom. The van der Waals surface area contributed by atoms with Crippen LogP contribution in [0.1, 0.15) is 19.4 Å². The van der Waals surface area contributed by atoms with Gasteiger partial charge in [-0.2, -0.15) is 0 Å². The quantitative estimate of drug-likeness (QED) is 0.816. The number of halogens is 1. The summed E-state index contributed by atoms with van der Waals surface area (Å²) in [6, 6.07) is 8.20. The van der Waals surface area contributed by atoms with Crippen molar-refractivity contribution in [1.82, 2.24) is 5.32 Å². The summed E-state index contributed by atoms with van der Waals surface area (Å²) < 4.78 is 5.34. The lowest BCUT2D eigenvalue weighted by Crippen LogP contribution is -2.11. The van der Waals surface area contributed by atoms with E-state index in [9.17, 15) is 0 Å². The van der Waals surface area contributed by atoms with E-state index >= 15 is 0 Å². The summed E-state index contributed by atoms with van der Waals surface area (Å²) in [5.41, 5.74) is 1.30. The number of ether oxygens (including phenoxy) is 1. The second-order valence-electron chi connectivity index (χ2n) is 2.86. The van der Waals surface area contributed by atoms with E-state index in [1.807, 2.05) is 19.1 Å². The maximum absolute atomic E-state index is 5.34. The molecule has 1 aromatic carbocycles. The minimum absolute atomic E-state index is 0. The van der Waals surface area contributed by atoms with Gasteiger partial charge in [0, 0.05) is 6.54 Å². The van der Waals surface area contributed by atoms with Crippen LogP contribution in [0, 0.1) is 0 Å². The Hall–Kier alpha value is -0.730. The van der Waals surface area contributed by atoms with Crippen molar-refractivity contribution in [1.29, 1.82) is 0 Å². The van der Waals surface area contributed by atoms with Crippen molar-refractivity contribution in [3.63, 3.8) is 0 Å². The minimum Gasteiger partial charge on any atom is -0.494 e. The zero-order valence-electron chi connectivity index (χ0n) is 8.75. The van der Waals surface area contributed by atoms with Crippen LogP contribution in [0.15, 0.2) is 24.3 Å². The van der Waals surface area contributed by atoms with Gasteiger partial charge in [0.2, 0.25) is 0 Å². The van der Waals surface area contributed by atoms with E-state index in [2.05, 4.69) is 24.4 Å². The highest BCUT2D eigenvalue weighted by Crippen LogP contribution is 2.11. The van der Waals surface area contributed by atoms with Gasteiger partial charge in [0.1, 0.15) is 5.75 Å². The van der Waals surface area contributed by atoms with E-state index in [1.165, 1.54) is 5.56 Å². The van der Waals surface area contributed by atoms with E-state index in [4.69, 9.17) is 4.74 Å². The smallest absolute Gasteiger partial charge is 0.119 e. The highest BCUT2D eigenvalue weighted by molar-refractivity contribution is 5.85. The minimum atomic E-state index is 0. The monoisotopic (exact) mass is 215 g/mol. The second-order valence-corrected chi connectivity index (χ2v) is 2.86. The molecule has 0 fully saturated rings. The Morgan fingerprint density at radius 3 is 2.29 bits per heavy atom. The van der Waals surface area contributed by atoms with Crippen LogP contribution in [-0.4, -0.2) is 13.2 Å². The van der Waals surface area contributed by atoms with Crippen molar-refractivity contribution >= 4 is 12.4 Å². The normalized spacial score (nSPS) is 9.29. The Balaban J connectivity index is 0.00000169. The topological polar surface area (TPSA) is 21.3 Å². The summed E-state index contributed by atoms with van der Waals surface area (Å²) in [5.74, 6) is 0.947. The lowest BCUT2D eigenvalue weighted by molar-refractivity contribution is 0.340. The molecule has 0 spiro atoms. The van der Waals surface area contributed by atoms with Crippen LogP contribution in [0.2, 0.25) is 0 Å². The average Bonchev–Trinajstić information content (AvgIpc) is 2.17. The lowest BCUT2D eigenvalue weighted by atomic mass is 10.2. The molecular weight excluding hydrogens is 198 g/mol. The van der Waals surface area contributed by atoms with E-state index in [-0.39, 0.29) is 12.4 Å². The molecule has 0 aromatic heterocycles. The maximum atomic E-state index is 5.34. The van der Waals surface area contributed by atoms with Crippen LogP contribution in [0.25, 0.3) is 0 Å². The second kappa shape index (κ2) is 7.65. The zero-order valence-corrected chi connectivity index (χ0v) is 9.56. The number of hydrogen-bond acceptors (Lipinski definition) is 2. The van der Waals surface area contributed by atoms with Gasteiger partial charge >= 0.3 is 0 Å². The van der Waals surface area contributed by atoms with E-state index in [1.54, 1.807) is 0 Å². The Kier molecular flexibility index (Phi) is 7.25. The van der Waals surface area contributed by atoms with Crippen molar-refractivity contribution in [2.24, 2.45) is 0 Å². The fraction of sp³-hybridized carbons (Fsp3) is 0.455. The first-order chi connectivity index (χ1) is 6.36. The fourth-order valence-corrected chi connectivity index (χ4v) is 1.14. The fourth-order valence-electron chi connectivity index (χ4n) is 1.14. The molecule has 0 aliphatic rings. The molecule has 1 aromatic rings. The van der Waals surface area contributed by atoms with E-state index < -0.39 is 0 Å². The molecule has 0 radical (unpaired) electrons. The highest BCUT2D eigenvalue weighted by Gasteiger charge is 1.93. The van der Waals surface area contributed by atoms with Gasteiger partial charge < -0.3 is 10.1 Å². The van der Waals surface area contributed by atoms with Gasteiger partial charge in [0.15, 0.2) is 0 Å². The van der Waals surface area contributed by atoms with Gasteiger partial charge in [-0.3, -0.25) is 0 Å². The summed E-state index contributed by atoms with van der Waals surface area (Å²) in [6.07, 6.45) is 0. The molecule has 3 heteroatoms. The maximum Gasteiger partial charge on any atom is 0.119 e. The van der Waals surface area contributed by atoms with Gasteiger partial charge in [0.25, 0.3) is 0 Å². The summed E-state index contributed by atoms with van der Waals surface area (Å²) in [4.78, 5) is 0. The Labute approximate surface area is 92.1 Å². The van der Waals surface area contributed by atoms with Crippen molar-refractivity contribution in [3.8, 4) is 5.75 Å². The highest BCUT2D eigenvalue weighted by atomic mass is 35.5. The third-order valence-corrected chi connectivity index (χ3v) is 1.81. The van der Waals surface area contributed by atoms with Crippen LogP contribution in [0.5, 0.6) is 5.75 Å². The third-order valence-electron chi connectivity index (χ3n) is 1.81. The standard InChI is InChI=1S/C11H17NO.ClH/c1-3-12-9-10-5-7-11(8-6-10)13-4-2;/h5-8,12H,3-4,9H2,1-2H3;1H. The summed E-state index contributed by atoms with van der Waals surface area (Å²) in [5, 5.41) is 3.28. The molecule has 80 valence electrons. The molecule has 2 nitrogen and oxygen atoms in total. The average molecular weight is 216 g/mol. The lowest BCUT2D eigenvalue weighted by Gasteiger charge is -2.04. The molecule has 0 saturated carbocycles. The number of benzene rings is 1. The molecule has 0 aliphatic carbocycles. The van der Waals surface area contributed by atoms with Crippen LogP contribution >= 0.6 is 12.4 Å². The molecule has 0 amide bonds. The SMILES string of the molecule is CCNCc1ccc(OCC)cc1.Cl. The van der Waals surface area contributed by atoms with Crippen molar-refractivity contribution in [2.45, 2.75) is 20.4 Å². The molecule has 0 atom stereocenters. The molecular formula is C11H18ClNO. The molecule has 0 heterocycles. The molecule has 0 unspecified atom stereocenters. The van der Waals surface area contributed by atoms with Crippen LogP contribution < -0.4 is 10.1 Å². The largest absolute Gasteiger partial charge is 0.494 e. The summed E-state index contributed by atoms with van der Waals surface area (Å²) in [7, 11) is 0. The molecule has 1 rings (SSSR count). The first-order valence-electron chi connectivity index (χ1n) is 4.79. The first kappa shape index (κ1) is 13.3. The molecule has 0 saturated heterocycles. The van der Waals surface area contributed by atoms with Gasteiger partial charge in [0.05, 0.1) is 6.61 Å². The molecule has 14 heavy (non-hydrogen) atoms. The predicted octanol–water partition coefficient (Wildman–Crippen LogP) is 2.62. The van der Waals surface area contributed by atoms with Crippen LogP contribution in [0.3, 0.4) is 0 Å². The summed E-state index contributed by atoms with van der Waals surface area (Å²) >= 11 is 0. The zero-order chi connectivity index (χ0) is 9.52. The Bertz CT molecular complexity index is 236.